The van der Waals surface area contributed by atoms with Crippen molar-refractivity contribution >= 4 is 5.71 Å². The molecule has 1 aliphatic carbocycles. The van der Waals surface area contributed by atoms with Crippen molar-refractivity contribution in [1.82, 2.24) is 0 Å². The van der Waals surface area contributed by atoms with E-state index in [4.69, 9.17) is 4.99 Å². The molecule has 1 heteroatoms. The van der Waals surface area contributed by atoms with Crippen molar-refractivity contribution in [3.05, 3.63) is 48.0 Å². The minimum atomic E-state index is 0.292. The Labute approximate surface area is 103 Å². The van der Waals surface area contributed by atoms with Crippen molar-refractivity contribution in [2.75, 3.05) is 6.54 Å². The molecule has 0 amide bonds. The van der Waals surface area contributed by atoms with Crippen LogP contribution in [0.3, 0.4) is 0 Å². The van der Waals surface area contributed by atoms with Crippen LogP contribution >= 0.6 is 0 Å². The first-order chi connectivity index (χ1) is 8.07. The monoisotopic (exact) mass is 225 g/mol. The molecule has 2 atom stereocenters. The quantitative estimate of drug-likeness (QED) is 0.693. The van der Waals surface area contributed by atoms with Gasteiger partial charge in [-0.15, -0.1) is 6.58 Å². The number of aliphatic imine (C=N–C) groups is 1. The van der Waals surface area contributed by atoms with Crippen LogP contribution in [0.4, 0.5) is 0 Å². The van der Waals surface area contributed by atoms with Gasteiger partial charge in [-0.25, -0.2) is 0 Å². The summed E-state index contributed by atoms with van der Waals surface area (Å²) in [5.74, 6) is 0. The van der Waals surface area contributed by atoms with Crippen LogP contribution in [0.25, 0.3) is 0 Å². The molecule has 0 radical (unpaired) electrons. The minimum Gasteiger partial charge on any atom is -0.288 e. The number of hydrogen-bond acceptors (Lipinski definition) is 1. The van der Waals surface area contributed by atoms with Crippen LogP contribution in [0, 0.1) is 10.8 Å². The van der Waals surface area contributed by atoms with Gasteiger partial charge in [-0.3, -0.25) is 4.99 Å². The Morgan fingerprint density at radius 1 is 1.35 bits per heavy atom. The lowest BCUT2D eigenvalue weighted by molar-refractivity contribution is 0.492. The molecule has 3 rings (SSSR count). The SMILES string of the molecule is C=C(C)CC12CC1(C)CN=C2c1ccccc1. The zero-order valence-corrected chi connectivity index (χ0v) is 10.7. The highest BCUT2D eigenvalue weighted by Crippen LogP contribution is 2.71. The smallest absolute Gasteiger partial charge is 0.0492 e. The minimum absolute atomic E-state index is 0.292. The first-order valence-corrected chi connectivity index (χ1v) is 6.32. The molecule has 1 fully saturated rings. The molecule has 0 spiro atoms. The Morgan fingerprint density at radius 2 is 2.06 bits per heavy atom. The van der Waals surface area contributed by atoms with Gasteiger partial charge in [0.25, 0.3) is 0 Å². The number of nitrogens with zero attached hydrogens (tertiary/aromatic N) is 1. The maximum atomic E-state index is 4.81. The maximum absolute atomic E-state index is 4.81. The van der Waals surface area contributed by atoms with E-state index in [-0.39, 0.29) is 0 Å². The van der Waals surface area contributed by atoms with Crippen LogP contribution in [-0.2, 0) is 0 Å². The van der Waals surface area contributed by atoms with Gasteiger partial charge < -0.3 is 0 Å². The summed E-state index contributed by atoms with van der Waals surface area (Å²) in [5, 5.41) is 0. The third-order valence-electron chi connectivity index (χ3n) is 4.41. The summed E-state index contributed by atoms with van der Waals surface area (Å²) in [7, 11) is 0. The predicted octanol–water partition coefficient (Wildman–Crippen LogP) is 3.85. The van der Waals surface area contributed by atoms with Crippen LogP contribution in [0.2, 0.25) is 0 Å². The van der Waals surface area contributed by atoms with Crippen LogP contribution < -0.4 is 0 Å². The maximum Gasteiger partial charge on any atom is 0.0492 e. The first-order valence-electron chi connectivity index (χ1n) is 6.32. The average Bonchev–Trinajstić information content (AvgIpc) is 2.75. The Kier molecular flexibility index (Phi) is 2.10. The molecular formula is C16H19N. The van der Waals surface area contributed by atoms with Gasteiger partial charge in [-0.1, -0.05) is 42.8 Å². The molecule has 1 aliphatic heterocycles. The fraction of sp³-hybridized carbons (Fsp3) is 0.438. The Morgan fingerprint density at radius 3 is 2.65 bits per heavy atom. The van der Waals surface area contributed by atoms with Crippen LogP contribution in [0.15, 0.2) is 47.5 Å². The highest BCUT2D eigenvalue weighted by molar-refractivity contribution is 6.09. The fourth-order valence-corrected chi connectivity index (χ4v) is 3.44. The molecule has 0 saturated heterocycles. The van der Waals surface area contributed by atoms with E-state index in [1.54, 1.807) is 0 Å². The molecule has 1 aromatic rings. The van der Waals surface area contributed by atoms with E-state index < -0.39 is 0 Å². The van der Waals surface area contributed by atoms with Gasteiger partial charge in [0.15, 0.2) is 0 Å². The second kappa shape index (κ2) is 3.32. The molecule has 0 N–H and O–H groups in total. The molecule has 0 aromatic heterocycles. The van der Waals surface area contributed by atoms with Gasteiger partial charge in [0, 0.05) is 17.7 Å². The molecular weight excluding hydrogens is 206 g/mol. The summed E-state index contributed by atoms with van der Waals surface area (Å²) >= 11 is 0. The number of benzene rings is 1. The molecule has 2 aliphatic rings. The second-order valence-corrected chi connectivity index (χ2v) is 5.98. The number of rotatable bonds is 3. The largest absolute Gasteiger partial charge is 0.288 e. The fourth-order valence-electron chi connectivity index (χ4n) is 3.44. The standard InChI is InChI=1S/C16H19N/c1-12(2)9-16-10-15(16,3)11-17-14(16)13-7-5-4-6-8-13/h4-8H,1,9-11H2,2-3H3. The van der Waals surface area contributed by atoms with Crippen molar-refractivity contribution in [3.63, 3.8) is 0 Å². The highest BCUT2D eigenvalue weighted by Gasteiger charge is 2.69. The molecule has 1 aromatic carbocycles. The molecule has 1 saturated carbocycles. The Bertz CT molecular complexity index is 500. The van der Waals surface area contributed by atoms with E-state index in [0.717, 1.165) is 13.0 Å². The summed E-state index contributed by atoms with van der Waals surface area (Å²) in [5.41, 5.74) is 4.59. The van der Waals surface area contributed by atoms with Gasteiger partial charge in [0.05, 0.1) is 0 Å². The normalized spacial score (nSPS) is 34.1. The number of fused-ring (bicyclic) bond motifs is 1. The summed E-state index contributed by atoms with van der Waals surface area (Å²) in [6.07, 6.45) is 2.37. The lowest BCUT2D eigenvalue weighted by Gasteiger charge is -2.18. The van der Waals surface area contributed by atoms with Crippen molar-refractivity contribution in [1.29, 1.82) is 0 Å². The summed E-state index contributed by atoms with van der Waals surface area (Å²) in [6.45, 7) is 9.59. The van der Waals surface area contributed by atoms with Crippen molar-refractivity contribution < 1.29 is 0 Å². The van der Waals surface area contributed by atoms with E-state index in [1.165, 1.54) is 23.3 Å². The molecule has 2 unspecified atom stereocenters. The van der Waals surface area contributed by atoms with Crippen molar-refractivity contribution in [2.24, 2.45) is 15.8 Å². The Hall–Kier alpha value is -1.37. The second-order valence-electron chi connectivity index (χ2n) is 5.98. The first kappa shape index (κ1) is 10.8. The molecule has 88 valence electrons. The molecule has 0 bridgehead atoms. The van der Waals surface area contributed by atoms with E-state index in [1.807, 2.05) is 0 Å². The van der Waals surface area contributed by atoms with Crippen LogP contribution in [-0.4, -0.2) is 12.3 Å². The predicted molar refractivity (Wildman–Crippen MR) is 72.4 cm³/mol. The van der Waals surface area contributed by atoms with E-state index in [2.05, 4.69) is 50.8 Å². The number of hydrogen-bond donors (Lipinski definition) is 0. The van der Waals surface area contributed by atoms with Crippen LogP contribution in [0.5, 0.6) is 0 Å². The van der Waals surface area contributed by atoms with E-state index in [0.29, 0.717) is 10.8 Å². The topological polar surface area (TPSA) is 12.4 Å². The van der Waals surface area contributed by atoms with Crippen LogP contribution in [0.1, 0.15) is 32.3 Å². The van der Waals surface area contributed by atoms with E-state index >= 15 is 0 Å². The summed E-state index contributed by atoms with van der Waals surface area (Å²) in [4.78, 5) is 4.81. The van der Waals surface area contributed by atoms with Gasteiger partial charge in [0.1, 0.15) is 0 Å². The summed E-state index contributed by atoms with van der Waals surface area (Å²) < 4.78 is 0. The molecule has 17 heavy (non-hydrogen) atoms. The van der Waals surface area contributed by atoms with Crippen molar-refractivity contribution in [2.45, 2.75) is 26.7 Å². The van der Waals surface area contributed by atoms with E-state index in [9.17, 15) is 0 Å². The third kappa shape index (κ3) is 1.41. The van der Waals surface area contributed by atoms with Gasteiger partial charge in [-0.2, -0.15) is 0 Å². The zero-order chi connectivity index (χ0) is 12.1. The van der Waals surface area contributed by atoms with Gasteiger partial charge >= 0.3 is 0 Å². The lowest BCUT2D eigenvalue weighted by atomic mass is 9.83. The molecule has 1 heterocycles. The van der Waals surface area contributed by atoms with Gasteiger partial charge in [-0.05, 0) is 30.7 Å². The third-order valence-corrected chi connectivity index (χ3v) is 4.41. The Balaban J connectivity index is 1.99. The summed E-state index contributed by atoms with van der Waals surface area (Å²) in [6, 6.07) is 10.6. The molecule has 1 nitrogen and oxygen atoms in total. The lowest BCUT2D eigenvalue weighted by Crippen LogP contribution is -2.19. The number of allylic oxidation sites excluding steroid dienone is 1. The average molecular weight is 225 g/mol. The zero-order valence-electron chi connectivity index (χ0n) is 10.7. The van der Waals surface area contributed by atoms with Crippen molar-refractivity contribution in [3.8, 4) is 0 Å². The van der Waals surface area contributed by atoms with Gasteiger partial charge in [0.2, 0.25) is 0 Å². The highest BCUT2D eigenvalue weighted by atomic mass is 14.9.